The van der Waals surface area contributed by atoms with Crippen LogP contribution in [0.15, 0.2) is 47.6 Å². The maximum Gasteiger partial charge on any atom is 0.234 e. The quantitative estimate of drug-likeness (QED) is 0.294. The van der Waals surface area contributed by atoms with E-state index in [1.54, 1.807) is 35.7 Å². The van der Waals surface area contributed by atoms with Gasteiger partial charge in [0.05, 0.1) is 11.4 Å². The Labute approximate surface area is 177 Å². The van der Waals surface area contributed by atoms with Crippen LogP contribution in [0.3, 0.4) is 0 Å². The number of halogens is 1. The van der Waals surface area contributed by atoms with E-state index in [2.05, 4.69) is 45.4 Å². The SMILES string of the molecule is C=CCn1c(SCC(=O)Nc2cccnc2Cl)nnc1-c1csc(CCC)c1. The average Bonchev–Trinajstić information content (AvgIpc) is 3.29. The van der Waals surface area contributed by atoms with Crippen LogP contribution in [0, 0.1) is 0 Å². The Balaban J connectivity index is 1.71. The highest BCUT2D eigenvalue weighted by Gasteiger charge is 2.16. The summed E-state index contributed by atoms with van der Waals surface area (Å²) in [5.74, 6) is 0.790. The molecule has 28 heavy (non-hydrogen) atoms. The number of anilines is 1. The van der Waals surface area contributed by atoms with Crippen molar-refractivity contribution in [2.24, 2.45) is 0 Å². The number of thioether (sulfide) groups is 1. The van der Waals surface area contributed by atoms with Crippen molar-refractivity contribution in [1.29, 1.82) is 0 Å². The summed E-state index contributed by atoms with van der Waals surface area (Å²) >= 11 is 9.03. The molecule has 0 atom stereocenters. The summed E-state index contributed by atoms with van der Waals surface area (Å²) in [7, 11) is 0. The van der Waals surface area contributed by atoms with Crippen molar-refractivity contribution in [3.05, 3.63) is 52.5 Å². The van der Waals surface area contributed by atoms with Gasteiger partial charge in [-0.15, -0.1) is 28.1 Å². The van der Waals surface area contributed by atoms with E-state index in [-0.39, 0.29) is 16.8 Å². The van der Waals surface area contributed by atoms with Crippen molar-refractivity contribution in [1.82, 2.24) is 19.7 Å². The minimum Gasteiger partial charge on any atom is -0.323 e. The molecule has 0 fully saturated rings. The summed E-state index contributed by atoms with van der Waals surface area (Å²) in [6.07, 6.45) is 5.53. The number of allylic oxidation sites excluding steroid dienone is 1. The highest BCUT2D eigenvalue weighted by atomic mass is 35.5. The first-order valence-electron chi connectivity index (χ1n) is 8.77. The van der Waals surface area contributed by atoms with Gasteiger partial charge < -0.3 is 5.32 Å². The van der Waals surface area contributed by atoms with Crippen molar-refractivity contribution < 1.29 is 4.79 Å². The van der Waals surface area contributed by atoms with Gasteiger partial charge in [-0.05, 0) is 24.6 Å². The van der Waals surface area contributed by atoms with E-state index in [0.717, 1.165) is 24.2 Å². The lowest BCUT2D eigenvalue weighted by Crippen LogP contribution is -2.15. The van der Waals surface area contributed by atoms with E-state index < -0.39 is 0 Å². The lowest BCUT2D eigenvalue weighted by atomic mass is 10.2. The predicted octanol–water partition coefficient (Wildman–Crippen LogP) is 4.92. The van der Waals surface area contributed by atoms with Crippen molar-refractivity contribution >= 4 is 46.3 Å². The number of carbonyl (C=O) groups excluding carboxylic acids is 1. The molecule has 0 saturated carbocycles. The van der Waals surface area contributed by atoms with E-state index in [9.17, 15) is 4.79 Å². The number of hydrogen-bond acceptors (Lipinski definition) is 6. The number of nitrogens with zero attached hydrogens (tertiary/aromatic N) is 4. The molecule has 0 aliphatic heterocycles. The van der Waals surface area contributed by atoms with Crippen molar-refractivity contribution in [2.45, 2.75) is 31.5 Å². The van der Waals surface area contributed by atoms with Gasteiger partial charge in [0.2, 0.25) is 5.91 Å². The second-order valence-corrected chi connectivity index (χ2v) is 8.23. The molecular formula is C19H20ClN5OS2. The molecule has 0 bridgehead atoms. The molecule has 1 N–H and O–H groups in total. The van der Waals surface area contributed by atoms with Gasteiger partial charge in [-0.25, -0.2) is 4.98 Å². The first kappa shape index (κ1) is 20.6. The highest BCUT2D eigenvalue weighted by molar-refractivity contribution is 7.99. The molecule has 3 rings (SSSR count). The van der Waals surface area contributed by atoms with E-state index in [1.165, 1.54) is 16.6 Å². The molecule has 0 aliphatic carbocycles. The summed E-state index contributed by atoms with van der Waals surface area (Å²) in [4.78, 5) is 17.5. The van der Waals surface area contributed by atoms with Crippen molar-refractivity contribution in [3.8, 4) is 11.4 Å². The van der Waals surface area contributed by atoms with Gasteiger partial charge in [0, 0.05) is 28.6 Å². The smallest absolute Gasteiger partial charge is 0.234 e. The zero-order valence-electron chi connectivity index (χ0n) is 15.4. The van der Waals surface area contributed by atoms with E-state index in [0.29, 0.717) is 17.4 Å². The summed E-state index contributed by atoms with van der Waals surface area (Å²) in [5.41, 5.74) is 1.53. The van der Waals surface area contributed by atoms with E-state index >= 15 is 0 Å². The summed E-state index contributed by atoms with van der Waals surface area (Å²) in [6, 6.07) is 5.58. The van der Waals surface area contributed by atoms with Crippen molar-refractivity contribution in [3.63, 3.8) is 0 Å². The summed E-state index contributed by atoms with van der Waals surface area (Å²) in [6.45, 7) is 6.56. The van der Waals surface area contributed by atoms with Gasteiger partial charge >= 0.3 is 0 Å². The van der Waals surface area contributed by atoms with Gasteiger partial charge in [-0.3, -0.25) is 9.36 Å². The van der Waals surface area contributed by atoms with Crippen LogP contribution in [0.2, 0.25) is 5.15 Å². The van der Waals surface area contributed by atoms with Gasteiger partial charge in [0.1, 0.15) is 0 Å². The zero-order valence-corrected chi connectivity index (χ0v) is 17.8. The Bertz CT molecular complexity index is 969. The lowest BCUT2D eigenvalue weighted by molar-refractivity contribution is -0.113. The van der Waals surface area contributed by atoms with Gasteiger partial charge in [0.15, 0.2) is 16.1 Å². The Hall–Kier alpha value is -2.16. The molecule has 1 amide bonds. The maximum absolute atomic E-state index is 12.3. The molecule has 0 spiro atoms. The van der Waals surface area contributed by atoms with Crippen LogP contribution in [0.4, 0.5) is 5.69 Å². The molecule has 0 aromatic carbocycles. The molecule has 0 aliphatic rings. The third-order valence-electron chi connectivity index (χ3n) is 3.80. The average molecular weight is 434 g/mol. The van der Waals surface area contributed by atoms with Gasteiger partial charge in [-0.2, -0.15) is 0 Å². The molecule has 146 valence electrons. The molecule has 6 nitrogen and oxygen atoms in total. The Morgan fingerprint density at radius 3 is 3.07 bits per heavy atom. The normalized spacial score (nSPS) is 10.8. The van der Waals surface area contributed by atoms with Crippen LogP contribution in [-0.4, -0.2) is 31.4 Å². The first-order chi connectivity index (χ1) is 13.6. The second kappa shape index (κ2) is 9.86. The number of pyridine rings is 1. The predicted molar refractivity (Wildman–Crippen MR) is 116 cm³/mol. The number of aryl methyl sites for hydroxylation is 1. The molecule has 3 aromatic rings. The van der Waals surface area contributed by atoms with Crippen LogP contribution in [-0.2, 0) is 17.8 Å². The molecule has 0 saturated heterocycles. The maximum atomic E-state index is 12.3. The topological polar surface area (TPSA) is 72.7 Å². The first-order valence-corrected chi connectivity index (χ1v) is 11.0. The minimum atomic E-state index is -0.185. The standard InChI is InChI=1S/C19H20ClN5OS2/c1-3-6-14-10-13(11-27-14)18-23-24-19(25(18)9-4-2)28-12-16(26)22-15-7-5-8-21-17(15)20/h4-5,7-8,10-11H,2-3,6,9,12H2,1H3,(H,22,26). The molecule has 9 heteroatoms. The molecule has 3 aromatic heterocycles. The Kier molecular flexibility index (Phi) is 7.24. The number of rotatable bonds is 9. The number of thiophene rings is 1. The van der Waals surface area contributed by atoms with E-state index in [1.807, 2.05) is 4.57 Å². The van der Waals surface area contributed by atoms with Crippen molar-refractivity contribution in [2.75, 3.05) is 11.1 Å². The fourth-order valence-electron chi connectivity index (χ4n) is 2.57. The second-order valence-electron chi connectivity index (χ2n) is 5.94. The number of aromatic nitrogens is 4. The number of nitrogens with one attached hydrogen (secondary N) is 1. The fraction of sp³-hybridized carbons (Fsp3) is 0.263. The Morgan fingerprint density at radius 2 is 2.32 bits per heavy atom. The number of amides is 1. The molecular weight excluding hydrogens is 414 g/mol. The van der Waals surface area contributed by atoms with Gasteiger partial charge in [-0.1, -0.05) is 42.8 Å². The van der Waals surface area contributed by atoms with Crippen LogP contribution in [0.25, 0.3) is 11.4 Å². The molecule has 0 radical (unpaired) electrons. The zero-order chi connectivity index (χ0) is 19.9. The third kappa shape index (κ3) is 5.01. The highest BCUT2D eigenvalue weighted by Crippen LogP contribution is 2.28. The lowest BCUT2D eigenvalue weighted by Gasteiger charge is -2.08. The summed E-state index contributed by atoms with van der Waals surface area (Å²) < 4.78 is 1.97. The minimum absolute atomic E-state index is 0.185. The van der Waals surface area contributed by atoms with Crippen LogP contribution >= 0.6 is 34.7 Å². The summed E-state index contributed by atoms with van der Waals surface area (Å²) in [5, 5.41) is 14.4. The molecule has 0 unspecified atom stereocenters. The number of hydrogen-bond donors (Lipinski definition) is 1. The van der Waals surface area contributed by atoms with Crippen LogP contribution < -0.4 is 5.32 Å². The molecule has 3 heterocycles. The van der Waals surface area contributed by atoms with Crippen LogP contribution in [0.5, 0.6) is 0 Å². The Morgan fingerprint density at radius 1 is 1.46 bits per heavy atom. The number of carbonyl (C=O) groups is 1. The largest absolute Gasteiger partial charge is 0.323 e. The fourth-order valence-corrected chi connectivity index (χ4v) is 4.46. The van der Waals surface area contributed by atoms with Crippen LogP contribution in [0.1, 0.15) is 18.2 Å². The van der Waals surface area contributed by atoms with E-state index in [4.69, 9.17) is 11.6 Å². The third-order valence-corrected chi connectivity index (χ3v) is 6.07. The van der Waals surface area contributed by atoms with Gasteiger partial charge in [0.25, 0.3) is 0 Å². The monoisotopic (exact) mass is 433 g/mol.